The van der Waals surface area contributed by atoms with Crippen molar-refractivity contribution in [2.75, 3.05) is 0 Å². The van der Waals surface area contributed by atoms with E-state index < -0.39 is 5.97 Å². The van der Waals surface area contributed by atoms with Crippen LogP contribution in [0.3, 0.4) is 0 Å². The maximum atomic E-state index is 10.3. The highest BCUT2D eigenvalue weighted by Crippen LogP contribution is 2.12. The lowest BCUT2D eigenvalue weighted by Gasteiger charge is -2.02. The van der Waals surface area contributed by atoms with Gasteiger partial charge in [0.1, 0.15) is 0 Å². The summed E-state index contributed by atoms with van der Waals surface area (Å²) in [6.45, 7) is 4.19. The maximum Gasteiger partial charge on any atom is 0.342 e. The second-order valence-electron chi connectivity index (χ2n) is 2.61. The van der Waals surface area contributed by atoms with Crippen LogP contribution in [-0.4, -0.2) is 11.1 Å². The summed E-state index contributed by atoms with van der Waals surface area (Å²) in [5.41, 5.74) is 0. The molecule has 0 aromatic carbocycles. The van der Waals surface area contributed by atoms with E-state index in [9.17, 15) is 4.79 Å². The molecule has 0 spiro atoms. The second kappa shape index (κ2) is 5.35. The highest BCUT2D eigenvalue weighted by Gasteiger charge is 2.02. The average molecular weight is 221 g/mol. The lowest BCUT2D eigenvalue weighted by atomic mass is 10.1. The molecular formula is C8H13BrO2. The first-order valence-corrected chi connectivity index (χ1v) is 4.46. The predicted octanol–water partition coefficient (Wildman–Crippen LogP) is 2.79. The fraction of sp³-hybridized carbons (Fsp3) is 0.625. The number of carboxylic acid groups (broad SMARTS) is 1. The highest BCUT2D eigenvalue weighted by atomic mass is 79.9. The summed E-state index contributed by atoms with van der Waals surface area (Å²) in [5, 5.41) is 8.45. The van der Waals surface area contributed by atoms with Crippen LogP contribution in [0.1, 0.15) is 26.7 Å². The summed E-state index contributed by atoms with van der Waals surface area (Å²) < 4.78 is 0.262. The third-order valence-electron chi connectivity index (χ3n) is 1.60. The lowest BCUT2D eigenvalue weighted by molar-refractivity contribution is -0.131. The number of carbonyl (C=O) groups is 1. The van der Waals surface area contributed by atoms with E-state index in [1.165, 1.54) is 0 Å². The number of hydrogen-bond donors (Lipinski definition) is 1. The minimum absolute atomic E-state index is 0.262. The lowest BCUT2D eigenvalue weighted by Crippen LogP contribution is -1.95. The number of hydrogen-bond acceptors (Lipinski definition) is 1. The van der Waals surface area contributed by atoms with Crippen molar-refractivity contribution in [2.45, 2.75) is 26.7 Å². The van der Waals surface area contributed by atoms with Gasteiger partial charge in [-0.05, 0) is 28.3 Å². The summed E-state index contributed by atoms with van der Waals surface area (Å²) in [4.78, 5) is 10.3. The SMILES string of the molecule is CCC(C)C/C=C(/Br)C(=O)O. The number of aliphatic carboxylic acids is 1. The van der Waals surface area contributed by atoms with Crippen molar-refractivity contribution < 1.29 is 9.90 Å². The first kappa shape index (κ1) is 10.7. The van der Waals surface area contributed by atoms with E-state index in [0.717, 1.165) is 12.8 Å². The summed E-state index contributed by atoms with van der Waals surface area (Å²) in [7, 11) is 0. The molecule has 0 saturated heterocycles. The Bertz CT molecular complexity index is 163. The standard InChI is InChI=1S/C8H13BrO2/c1-3-6(2)4-5-7(9)8(10)11/h5-6H,3-4H2,1-2H3,(H,10,11)/b7-5+. The van der Waals surface area contributed by atoms with E-state index in [4.69, 9.17) is 5.11 Å². The smallest absolute Gasteiger partial charge is 0.342 e. The van der Waals surface area contributed by atoms with Crippen molar-refractivity contribution in [3.8, 4) is 0 Å². The van der Waals surface area contributed by atoms with Crippen LogP contribution in [0.5, 0.6) is 0 Å². The van der Waals surface area contributed by atoms with Gasteiger partial charge in [0.15, 0.2) is 0 Å². The van der Waals surface area contributed by atoms with E-state index in [1.807, 2.05) is 0 Å². The third kappa shape index (κ3) is 5.01. The molecule has 0 fully saturated rings. The topological polar surface area (TPSA) is 37.3 Å². The molecule has 1 N–H and O–H groups in total. The van der Waals surface area contributed by atoms with Gasteiger partial charge in [0.25, 0.3) is 0 Å². The molecule has 1 atom stereocenters. The second-order valence-corrected chi connectivity index (χ2v) is 3.46. The largest absolute Gasteiger partial charge is 0.477 e. The van der Waals surface area contributed by atoms with Crippen molar-refractivity contribution in [2.24, 2.45) is 5.92 Å². The third-order valence-corrected chi connectivity index (χ3v) is 2.26. The molecule has 0 radical (unpaired) electrons. The molecule has 0 saturated carbocycles. The van der Waals surface area contributed by atoms with Crippen LogP contribution in [0.4, 0.5) is 0 Å². The van der Waals surface area contributed by atoms with Gasteiger partial charge in [-0.25, -0.2) is 4.79 Å². The predicted molar refractivity (Wildman–Crippen MR) is 48.7 cm³/mol. The average Bonchev–Trinajstić information content (AvgIpc) is 1.99. The van der Waals surface area contributed by atoms with Crippen LogP contribution in [0.2, 0.25) is 0 Å². The minimum Gasteiger partial charge on any atom is -0.477 e. The summed E-state index contributed by atoms with van der Waals surface area (Å²) >= 11 is 2.96. The zero-order valence-electron chi connectivity index (χ0n) is 6.80. The van der Waals surface area contributed by atoms with Crippen LogP contribution in [-0.2, 0) is 4.79 Å². The Morgan fingerprint density at radius 2 is 2.27 bits per heavy atom. The van der Waals surface area contributed by atoms with E-state index in [-0.39, 0.29) is 4.48 Å². The van der Waals surface area contributed by atoms with Crippen molar-refractivity contribution in [1.82, 2.24) is 0 Å². The van der Waals surface area contributed by atoms with Crippen molar-refractivity contribution in [3.05, 3.63) is 10.6 Å². The van der Waals surface area contributed by atoms with Gasteiger partial charge in [0, 0.05) is 0 Å². The zero-order valence-corrected chi connectivity index (χ0v) is 8.39. The molecule has 0 amide bonds. The number of allylic oxidation sites excluding steroid dienone is 1. The van der Waals surface area contributed by atoms with Crippen molar-refractivity contribution in [3.63, 3.8) is 0 Å². The van der Waals surface area contributed by atoms with Gasteiger partial charge in [0.05, 0.1) is 4.48 Å². The van der Waals surface area contributed by atoms with Crippen LogP contribution in [0.25, 0.3) is 0 Å². The first-order chi connectivity index (χ1) is 5.07. The van der Waals surface area contributed by atoms with Crippen LogP contribution in [0, 0.1) is 5.92 Å². The quantitative estimate of drug-likeness (QED) is 0.741. The van der Waals surface area contributed by atoms with Gasteiger partial charge in [-0.3, -0.25) is 0 Å². The van der Waals surface area contributed by atoms with Gasteiger partial charge in [-0.2, -0.15) is 0 Å². The van der Waals surface area contributed by atoms with Gasteiger partial charge in [-0.1, -0.05) is 26.3 Å². The Balaban J connectivity index is 3.82. The van der Waals surface area contributed by atoms with E-state index >= 15 is 0 Å². The molecule has 0 bridgehead atoms. The first-order valence-electron chi connectivity index (χ1n) is 3.66. The molecule has 64 valence electrons. The molecule has 0 aliphatic rings. The molecule has 11 heavy (non-hydrogen) atoms. The number of halogens is 1. The van der Waals surface area contributed by atoms with Crippen LogP contribution >= 0.6 is 15.9 Å². The molecule has 0 aliphatic heterocycles. The fourth-order valence-corrected chi connectivity index (χ4v) is 0.746. The molecule has 0 rings (SSSR count). The van der Waals surface area contributed by atoms with Gasteiger partial charge in [0.2, 0.25) is 0 Å². The molecular weight excluding hydrogens is 208 g/mol. The summed E-state index contributed by atoms with van der Waals surface area (Å²) in [5.74, 6) is -0.338. The molecule has 0 aromatic rings. The molecule has 2 nitrogen and oxygen atoms in total. The monoisotopic (exact) mass is 220 g/mol. The molecule has 0 aliphatic carbocycles. The Morgan fingerprint density at radius 3 is 2.64 bits per heavy atom. The van der Waals surface area contributed by atoms with Gasteiger partial charge in [-0.15, -0.1) is 0 Å². The van der Waals surface area contributed by atoms with Crippen molar-refractivity contribution >= 4 is 21.9 Å². The van der Waals surface area contributed by atoms with E-state index in [2.05, 4.69) is 29.8 Å². The van der Waals surface area contributed by atoms with Crippen LogP contribution in [0.15, 0.2) is 10.6 Å². The Hall–Kier alpha value is -0.310. The summed E-state index contributed by atoms with van der Waals surface area (Å²) in [6.07, 6.45) is 3.61. The molecule has 0 heterocycles. The summed E-state index contributed by atoms with van der Waals surface area (Å²) in [6, 6.07) is 0. The van der Waals surface area contributed by atoms with Gasteiger partial charge >= 0.3 is 5.97 Å². The Morgan fingerprint density at radius 1 is 1.73 bits per heavy atom. The normalized spacial score (nSPS) is 14.6. The Labute approximate surface area is 75.4 Å². The minimum atomic E-state index is -0.895. The molecule has 3 heteroatoms. The van der Waals surface area contributed by atoms with Crippen LogP contribution < -0.4 is 0 Å². The molecule has 0 aromatic heterocycles. The van der Waals surface area contributed by atoms with Gasteiger partial charge < -0.3 is 5.11 Å². The number of rotatable bonds is 4. The molecule has 1 unspecified atom stereocenters. The van der Waals surface area contributed by atoms with E-state index in [0.29, 0.717) is 5.92 Å². The number of carboxylic acids is 1. The highest BCUT2D eigenvalue weighted by molar-refractivity contribution is 9.12. The maximum absolute atomic E-state index is 10.3. The fourth-order valence-electron chi connectivity index (χ4n) is 0.559. The zero-order chi connectivity index (χ0) is 8.85. The van der Waals surface area contributed by atoms with Crippen molar-refractivity contribution in [1.29, 1.82) is 0 Å². The Kier molecular flexibility index (Phi) is 5.20. The van der Waals surface area contributed by atoms with E-state index in [1.54, 1.807) is 6.08 Å².